The van der Waals surface area contributed by atoms with Gasteiger partial charge >= 0.3 is 5.97 Å². The average Bonchev–Trinajstić information content (AvgIpc) is 2.28. The first-order chi connectivity index (χ1) is 8.04. The summed E-state index contributed by atoms with van der Waals surface area (Å²) in [6.45, 7) is 1.86. The fourth-order valence-electron chi connectivity index (χ4n) is 1.32. The molecule has 94 valence electrons. The third kappa shape index (κ3) is 4.03. The summed E-state index contributed by atoms with van der Waals surface area (Å²) in [5.41, 5.74) is 6.02. The minimum absolute atomic E-state index is 0.132. The van der Waals surface area contributed by atoms with Crippen LogP contribution in [0.4, 0.5) is 4.39 Å². The van der Waals surface area contributed by atoms with Crippen LogP contribution in [0.1, 0.15) is 24.9 Å². The molecule has 0 heterocycles. The first-order valence-corrected chi connectivity index (χ1v) is 5.29. The minimum Gasteiger partial charge on any atom is -0.493 e. The van der Waals surface area contributed by atoms with E-state index >= 15 is 0 Å². The Hall–Kier alpha value is -1.62. The van der Waals surface area contributed by atoms with Gasteiger partial charge < -0.3 is 15.2 Å². The van der Waals surface area contributed by atoms with Gasteiger partial charge in [-0.25, -0.2) is 4.39 Å². The van der Waals surface area contributed by atoms with E-state index in [1.54, 1.807) is 19.1 Å². The Morgan fingerprint density at radius 3 is 2.76 bits per heavy atom. The zero-order chi connectivity index (χ0) is 12.8. The van der Waals surface area contributed by atoms with Crippen molar-refractivity contribution in [2.75, 3.05) is 13.7 Å². The van der Waals surface area contributed by atoms with Crippen molar-refractivity contribution in [3.63, 3.8) is 0 Å². The van der Waals surface area contributed by atoms with Crippen LogP contribution in [0.25, 0.3) is 0 Å². The maximum Gasteiger partial charge on any atom is 0.308 e. The number of carbonyl (C=O) groups is 1. The standard InChI is InChI=1S/C12H16FNO3/c1-8(14)10-4-3-9(7-11(10)13)17-6-5-12(15)16-2/h3-4,7-8H,5-6,14H2,1-2H3/t8-/m0/s1. The predicted octanol–water partition coefficient (Wildman–Crippen LogP) is 1.79. The minimum atomic E-state index is -0.407. The van der Waals surface area contributed by atoms with E-state index in [4.69, 9.17) is 10.5 Å². The topological polar surface area (TPSA) is 61.5 Å². The van der Waals surface area contributed by atoms with Crippen molar-refractivity contribution >= 4 is 5.97 Å². The molecule has 0 aliphatic carbocycles. The Balaban J connectivity index is 2.56. The zero-order valence-electron chi connectivity index (χ0n) is 9.90. The molecule has 5 heteroatoms. The van der Waals surface area contributed by atoms with E-state index in [-0.39, 0.29) is 25.0 Å². The summed E-state index contributed by atoms with van der Waals surface area (Å²) in [6, 6.07) is 4.10. The van der Waals surface area contributed by atoms with Crippen LogP contribution in [-0.2, 0) is 9.53 Å². The normalized spacial score (nSPS) is 12.0. The molecule has 0 fully saturated rings. The predicted molar refractivity (Wildman–Crippen MR) is 61.1 cm³/mol. The van der Waals surface area contributed by atoms with Crippen molar-refractivity contribution < 1.29 is 18.7 Å². The van der Waals surface area contributed by atoms with Gasteiger partial charge in [-0.3, -0.25) is 4.79 Å². The van der Waals surface area contributed by atoms with Gasteiger partial charge in [0.25, 0.3) is 0 Å². The Morgan fingerprint density at radius 2 is 2.24 bits per heavy atom. The summed E-state index contributed by atoms with van der Waals surface area (Å²) < 4.78 is 23.2. The third-order valence-electron chi connectivity index (χ3n) is 2.27. The Bertz CT molecular complexity index is 393. The molecular weight excluding hydrogens is 225 g/mol. The Morgan fingerprint density at radius 1 is 1.53 bits per heavy atom. The van der Waals surface area contributed by atoms with E-state index in [2.05, 4.69) is 4.74 Å². The van der Waals surface area contributed by atoms with Crippen molar-refractivity contribution in [1.29, 1.82) is 0 Å². The fraction of sp³-hybridized carbons (Fsp3) is 0.417. The monoisotopic (exact) mass is 241 g/mol. The number of hydrogen-bond donors (Lipinski definition) is 1. The van der Waals surface area contributed by atoms with Crippen LogP contribution in [0.5, 0.6) is 5.75 Å². The van der Waals surface area contributed by atoms with Gasteiger partial charge in [0, 0.05) is 17.7 Å². The summed E-state index contributed by atoms with van der Waals surface area (Å²) in [4.78, 5) is 10.8. The summed E-state index contributed by atoms with van der Waals surface area (Å²) in [7, 11) is 1.30. The van der Waals surface area contributed by atoms with Crippen LogP contribution in [0.15, 0.2) is 18.2 Å². The van der Waals surface area contributed by atoms with Crippen molar-refractivity contribution in [3.05, 3.63) is 29.6 Å². The van der Waals surface area contributed by atoms with Crippen molar-refractivity contribution in [2.45, 2.75) is 19.4 Å². The molecule has 1 atom stereocenters. The van der Waals surface area contributed by atoms with Gasteiger partial charge in [-0.05, 0) is 13.0 Å². The lowest BCUT2D eigenvalue weighted by atomic mass is 10.1. The van der Waals surface area contributed by atoms with Crippen LogP contribution in [0.3, 0.4) is 0 Å². The number of nitrogens with two attached hydrogens (primary N) is 1. The fourth-order valence-corrected chi connectivity index (χ4v) is 1.32. The molecule has 0 aliphatic rings. The van der Waals surface area contributed by atoms with Gasteiger partial charge in [0.2, 0.25) is 0 Å². The molecule has 0 unspecified atom stereocenters. The van der Waals surface area contributed by atoms with E-state index in [0.717, 1.165) is 0 Å². The molecule has 0 bridgehead atoms. The molecule has 1 aromatic carbocycles. The lowest BCUT2D eigenvalue weighted by molar-refractivity contribution is -0.141. The van der Waals surface area contributed by atoms with E-state index < -0.39 is 5.82 Å². The number of carbonyl (C=O) groups excluding carboxylic acids is 1. The molecule has 0 saturated carbocycles. The van der Waals surface area contributed by atoms with Gasteiger partial charge in [-0.1, -0.05) is 6.07 Å². The first kappa shape index (κ1) is 13.4. The van der Waals surface area contributed by atoms with E-state index in [1.165, 1.54) is 13.2 Å². The lowest BCUT2D eigenvalue weighted by Crippen LogP contribution is -2.09. The molecule has 0 amide bonds. The molecule has 1 aromatic rings. The number of halogens is 1. The molecule has 2 N–H and O–H groups in total. The highest BCUT2D eigenvalue weighted by atomic mass is 19.1. The van der Waals surface area contributed by atoms with Crippen molar-refractivity contribution in [2.24, 2.45) is 5.73 Å². The number of ether oxygens (including phenoxy) is 2. The maximum absolute atomic E-state index is 13.5. The number of benzene rings is 1. The van der Waals surface area contributed by atoms with Crippen LogP contribution in [0.2, 0.25) is 0 Å². The maximum atomic E-state index is 13.5. The molecule has 0 spiro atoms. The smallest absolute Gasteiger partial charge is 0.308 e. The van der Waals surface area contributed by atoms with Gasteiger partial charge in [-0.15, -0.1) is 0 Å². The Labute approximate surface area is 99.5 Å². The molecule has 0 saturated heterocycles. The molecule has 0 aliphatic heterocycles. The van der Waals surface area contributed by atoms with Crippen molar-refractivity contribution in [1.82, 2.24) is 0 Å². The Kier molecular flexibility index (Phi) is 4.90. The largest absolute Gasteiger partial charge is 0.493 e. The third-order valence-corrected chi connectivity index (χ3v) is 2.27. The lowest BCUT2D eigenvalue weighted by Gasteiger charge is -2.10. The number of rotatable bonds is 5. The second-order valence-electron chi connectivity index (χ2n) is 3.65. The quantitative estimate of drug-likeness (QED) is 0.798. The van der Waals surface area contributed by atoms with E-state index in [0.29, 0.717) is 11.3 Å². The van der Waals surface area contributed by atoms with Gasteiger partial charge in [0.15, 0.2) is 0 Å². The zero-order valence-corrected chi connectivity index (χ0v) is 9.90. The van der Waals surface area contributed by atoms with Crippen LogP contribution in [0, 0.1) is 5.82 Å². The highest BCUT2D eigenvalue weighted by molar-refractivity contribution is 5.69. The molecule has 0 radical (unpaired) electrons. The summed E-state index contributed by atoms with van der Waals surface area (Å²) in [5.74, 6) is -0.399. The molecule has 1 rings (SSSR count). The van der Waals surface area contributed by atoms with E-state index in [1.807, 2.05) is 0 Å². The van der Waals surface area contributed by atoms with Crippen LogP contribution < -0.4 is 10.5 Å². The second kappa shape index (κ2) is 6.20. The number of esters is 1. The molecule has 17 heavy (non-hydrogen) atoms. The summed E-state index contributed by atoms with van der Waals surface area (Å²) in [6.07, 6.45) is 0.132. The second-order valence-corrected chi connectivity index (χ2v) is 3.65. The van der Waals surface area contributed by atoms with E-state index in [9.17, 15) is 9.18 Å². The molecule has 0 aromatic heterocycles. The van der Waals surface area contributed by atoms with Gasteiger partial charge in [0.05, 0.1) is 20.1 Å². The molecular formula is C12H16FNO3. The number of hydrogen-bond acceptors (Lipinski definition) is 4. The molecule has 4 nitrogen and oxygen atoms in total. The van der Waals surface area contributed by atoms with Gasteiger partial charge in [-0.2, -0.15) is 0 Å². The highest BCUT2D eigenvalue weighted by Crippen LogP contribution is 2.20. The SMILES string of the molecule is COC(=O)CCOc1ccc([C@H](C)N)c(F)c1. The van der Waals surface area contributed by atoms with Gasteiger partial charge in [0.1, 0.15) is 11.6 Å². The average molecular weight is 241 g/mol. The highest BCUT2D eigenvalue weighted by Gasteiger charge is 2.08. The first-order valence-electron chi connectivity index (χ1n) is 5.29. The van der Waals surface area contributed by atoms with Crippen LogP contribution in [-0.4, -0.2) is 19.7 Å². The number of methoxy groups -OCH3 is 1. The summed E-state index contributed by atoms with van der Waals surface area (Å²) >= 11 is 0. The summed E-state index contributed by atoms with van der Waals surface area (Å²) in [5, 5.41) is 0. The van der Waals surface area contributed by atoms with Crippen molar-refractivity contribution in [3.8, 4) is 5.75 Å². The van der Waals surface area contributed by atoms with Crippen LogP contribution >= 0.6 is 0 Å².